The zero-order chi connectivity index (χ0) is 33.5. The summed E-state index contributed by atoms with van der Waals surface area (Å²) in [6.07, 6.45) is 0. The van der Waals surface area contributed by atoms with E-state index >= 15 is 0 Å². The Morgan fingerprint density at radius 1 is 0.327 bits per heavy atom. The van der Waals surface area contributed by atoms with Crippen LogP contribution in [0.5, 0.6) is 0 Å². The van der Waals surface area contributed by atoms with Crippen molar-refractivity contribution in [1.82, 2.24) is 9.13 Å². The number of fused-ring (bicyclic) bond motifs is 9. The van der Waals surface area contributed by atoms with Crippen LogP contribution in [0, 0.1) is 0 Å². The first kappa shape index (κ1) is 30.0. The van der Waals surface area contributed by atoms with E-state index < -0.39 is 0 Å². The lowest BCUT2D eigenvalue weighted by Gasteiger charge is -2.11. The van der Waals surface area contributed by atoms with Gasteiger partial charge in [-0.15, -0.1) is 0 Å². The van der Waals surface area contributed by atoms with E-state index in [1.165, 1.54) is 49.2 Å². The number of nitrogens with zero attached hydrogens (tertiary/aromatic N) is 2. The van der Waals surface area contributed by atoms with Crippen molar-refractivity contribution in [3.8, 4) is 33.6 Å². The van der Waals surface area contributed by atoms with Crippen LogP contribution in [0.1, 0.15) is 7.43 Å². The molecule has 0 bridgehead atoms. The highest BCUT2D eigenvalue weighted by atomic mass is 16.3. The SMILES string of the molecule is C.c1ccc(-n2c3ccccc3c3cc(-c4cc(-c5ccc6c(c5)c5ccccc5n6-c5ccccc5)c5c(c4)oc4ccccc45)ccc32)cc1. The number of aromatic nitrogens is 2. The molecular weight excluding hydrogens is 633 g/mol. The van der Waals surface area contributed by atoms with Crippen LogP contribution in [-0.2, 0) is 0 Å². The minimum atomic E-state index is 0. The highest BCUT2D eigenvalue weighted by Crippen LogP contribution is 2.43. The highest BCUT2D eigenvalue weighted by Gasteiger charge is 2.19. The van der Waals surface area contributed by atoms with Gasteiger partial charge in [0.1, 0.15) is 11.2 Å². The van der Waals surface area contributed by atoms with Crippen LogP contribution in [0.2, 0.25) is 0 Å². The van der Waals surface area contributed by atoms with Gasteiger partial charge < -0.3 is 13.6 Å². The maximum absolute atomic E-state index is 6.61. The molecule has 246 valence electrons. The van der Waals surface area contributed by atoms with Gasteiger partial charge in [0.25, 0.3) is 0 Å². The van der Waals surface area contributed by atoms with Crippen molar-refractivity contribution in [2.75, 3.05) is 0 Å². The van der Waals surface area contributed by atoms with Crippen molar-refractivity contribution in [2.24, 2.45) is 0 Å². The summed E-state index contributed by atoms with van der Waals surface area (Å²) in [5.74, 6) is 0. The molecule has 0 aliphatic carbocycles. The average Bonchev–Trinajstić information content (AvgIpc) is 3.85. The van der Waals surface area contributed by atoms with Gasteiger partial charge in [0.15, 0.2) is 0 Å². The van der Waals surface area contributed by atoms with E-state index in [-0.39, 0.29) is 7.43 Å². The molecule has 0 aliphatic heterocycles. The van der Waals surface area contributed by atoms with Crippen LogP contribution in [0.3, 0.4) is 0 Å². The van der Waals surface area contributed by atoms with E-state index in [4.69, 9.17) is 4.42 Å². The predicted octanol–water partition coefficient (Wildman–Crippen LogP) is 13.8. The van der Waals surface area contributed by atoms with E-state index in [1.54, 1.807) is 0 Å². The summed E-state index contributed by atoms with van der Waals surface area (Å²) in [6, 6.07) is 65.5. The topological polar surface area (TPSA) is 23.0 Å². The summed E-state index contributed by atoms with van der Waals surface area (Å²) in [7, 11) is 0. The molecule has 0 spiro atoms. The van der Waals surface area contributed by atoms with Gasteiger partial charge in [0.05, 0.1) is 22.1 Å². The van der Waals surface area contributed by atoms with Gasteiger partial charge in [-0.2, -0.15) is 0 Å². The quantitative estimate of drug-likeness (QED) is 0.183. The molecule has 0 unspecified atom stereocenters. The van der Waals surface area contributed by atoms with Gasteiger partial charge in [0.2, 0.25) is 0 Å². The minimum Gasteiger partial charge on any atom is -0.456 e. The molecule has 3 aromatic heterocycles. The third-order valence-corrected chi connectivity index (χ3v) is 10.5. The van der Waals surface area contributed by atoms with Crippen molar-refractivity contribution in [3.63, 3.8) is 0 Å². The highest BCUT2D eigenvalue weighted by molar-refractivity contribution is 6.17. The molecule has 0 N–H and O–H groups in total. The van der Waals surface area contributed by atoms with Crippen LogP contribution in [0.15, 0.2) is 186 Å². The zero-order valence-corrected chi connectivity index (χ0v) is 27.6. The smallest absolute Gasteiger partial charge is 0.136 e. The van der Waals surface area contributed by atoms with Gasteiger partial charge in [-0.05, 0) is 101 Å². The van der Waals surface area contributed by atoms with E-state index in [0.717, 1.165) is 50.0 Å². The van der Waals surface area contributed by atoms with Crippen LogP contribution in [-0.4, -0.2) is 9.13 Å². The number of hydrogen-bond donors (Lipinski definition) is 0. The van der Waals surface area contributed by atoms with Crippen molar-refractivity contribution in [3.05, 3.63) is 182 Å². The number of furan rings is 1. The molecule has 3 nitrogen and oxygen atoms in total. The second-order valence-corrected chi connectivity index (χ2v) is 13.3. The Kier molecular flexibility index (Phi) is 6.71. The molecular formula is C49H34N2O. The largest absolute Gasteiger partial charge is 0.456 e. The summed E-state index contributed by atoms with van der Waals surface area (Å²) in [5.41, 5.74) is 13.5. The second-order valence-electron chi connectivity index (χ2n) is 13.3. The first-order valence-corrected chi connectivity index (χ1v) is 17.4. The van der Waals surface area contributed by atoms with Gasteiger partial charge in [0, 0.05) is 43.7 Å². The van der Waals surface area contributed by atoms with Gasteiger partial charge in [-0.25, -0.2) is 0 Å². The Morgan fingerprint density at radius 2 is 0.808 bits per heavy atom. The molecule has 8 aromatic carbocycles. The normalized spacial score (nSPS) is 11.7. The molecule has 0 amide bonds. The summed E-state index contributed by atoms with van der Waals surface area (Å²) < 4.78 is 11.3. The van der Waals surface area contributed by atoms with E-state index in [9.17, 15) is 0 Å². The van der Waals surface area contributed by atoms with E-state index in [2.05, 4.69) is 185 Å². The molecule has 0 fully saturated rings. The molecule has 0 atom stereocenters. The van der Waals surface area contributed by atoms with Crippen LogP contribution in [0.25, 0.3) is 99.2 Å². The minimum absolute atomic E-state index is 0. The average molecular weight is 667 g/mol. The Balaban J connectivity index is 0.00000338. The summed E-state index contributed by atoms with van der Waals surface area (Å²) in [4.78, 5) is 0. The summed E-state index contributed by atoms with van der Waals surface area (Å²) in [5, 5.41) is 7.21. The molecule has 3 heteroatoms. The van der Waals surface area contributed by atoms with Crippen molar-refractivity contribution in [2.45, 2.75) is 7.43 Å². The summed E-state index contributed by atoms with van der Waals surface area (Å²) >= 11 is 0. The predicted molar refractivity (Wildman–Crippen MR) is 220 cm³/mol. The fourth-order valence-corrected chi connectivity index (χ4v) is 8.25. The van der Waals surface area contributed by atoms with Crippen LogP contribution >= 0.6 is 0 Å². The Hall–Kier alpha value is -6.84. The first-order valence-electron chi connectivity index (χ1n) is 17.4. The molecule has 11 aromatic rings. The molecule has 3 heterocycles. The zero-order valence-electron chi connectivity index (χ0n) is 27.6. The monoisotopic (exact) mass is 666 g/mol. The van der Waals surface area contributed by atoms with Crippen molar-refractivity contribution >= 4 is 65.6 Å². The standard InChI is InChI=1S/C48H30N2O.CH4/c1-3-13-34(14-4-1)49-42-20-10-7-17-36(42)40-27-31(23-25-44(40)49)33-29-39(48-38-19-9-12-22-46(38)51-47(48)30-33)32-24-26-45-41(28-32)37-18-8-11-21-43(37)50(45)35-15-5-2-6-16-35;/h1-30H;1H4. The molecule has 52 heavy (non-hydrogen) atoms. The first-order chi connectivity index (χ1) is 25.3. The van der Waals surface area contributed by atoms with Gasteiger partial charge in [-0.3, -0.25) is 0 Å². The Bertz CT molecular complexity index is 3130. The van der Waals surface area contributed by atoms with Crippen LogP contribution < -0.4 is 0 Å². The fourth-order valence-electron chi connectivity index (χ4n) is 8.25. The lowest BCUT2D eigenvalue weighted by Crippen LogP contribution is -1.93. The molecule has 0 radical (unpaired) electrons. The third kappa shape index (κ3) is 4.39. The number of para-hydroxylation sites is 5. The number of hydrogen-bond acceptors (Lipinski definition) is 1. The lowest BCUT2D eigenvalue weighted by atomic mass is 9.93. The Morgan fingerprint density at radius 3 is 1.42 bits per heavy atom. The van der Waals surface area contributed by atoms with E-state index in [0.29, 0.717) is 0 Å². The number of benzene rings is 8. The molecule has 11 rings (SSSR count). The molecule has 0 saturated heterocycles. The number of rotatable bonds is 4. The summed E-state index contributed by atoms with van der Waals surface area (Å²) in [6.45, 7) is 0. The third-order valence-electron chi connectivity index (χ3n) is 10.5. The lowest BCUT2D eigenvalue weighted by molar-refractivity contribution is 0.669. The fraction of sp³-hybridized carbons (Fsp3) is 0.0204. The maximum atomic E-state index is 6.61. The Labute approximate surface area is 301 Å². The second kappa shape index (κ2) is 11.6. The van der Waals surface area contributed by atoms with Gasteiger partial charge in [-0.1, -0.05) is 111 Å². The van der Waals surface area contributed by atoms with Gasteiger partial charge >= 0.3 is 0 Å². The maximum Gasteiger partial charge on any atom is 0.136 e. The van der Waals surface area contributed by atoms with Crippen LogP contribution in [0.4, 0.5) is 0 Å². The van der Waals surface area contributed by atoms with Crippen molar-refractivity contribution in [1.29, 1.82) is 0 Å². The van der Waals surface area contributed by atoms with E-state index in [1.807, 2.05) is 6.07 Å². The van der Waals surface area contributed by atoms with Crippen molar-refractivity contribution < 1.29 is 4.42 Å². The molecule has 0 aliphatic rings. The molecule has 0 saturated carbocycles.